The number of allylic oxidation sites excluding steroid dienone is 5. The SMILES string of the molecule is C=C(C(CC)C/C=C(\C)F)C(CC)(C(C)=C(C)C)C(C)C. The number of hydrogen-bond acceptors (Lipinski definition) is 0. The molecule has 0 radical (unpaired) electrons. The fraction of sp³-hybridized carbons (Fsp3) is 0.700. The lowest BCUT2D eigenvalue weighted by Crippen LogP contribution is -2.33. The molecule has 122 valence electrons. The zero-order chi connectivity index (χ0) is 16.8. The molecule has 0 bridgehead atoms. The lowest BCUT2D eigenvalue weighted by atomic mass is 9.60. The molecule has 0 N–H and O–H groups in total. The molecule has 0 saturated carbocycles. The van der Waals surface area contributed by atoms with Gasteiger partial charge in [0.05, 0.1) is 5.83 Å². The molecule has 21 heavy (non-hydrogen) atoms. The highest BCUT2D eigenvalue weighted by Crippen LogP contribution is 2.49. The normalized spacial score (nSPS) is 16.6. The highest BCUT2D eigenvalue weighted by atomic mass is 19.1. The van der Waals surface area contributed by atoms with E-state index in [4.69, 9.17) is 0 Å². The summed E-state index contributed by atoms with van der Waals surface area (Å²) >= 11 is 0. The van der Waals surface area contributed by atoms with Gasteiger partial charge >= 0.3 is 0 Å². The first-order valence-electron chi connectivity index (χ1n) is 8.31. The van der Waals surface area contributed by atoms with Crippen molar-refractivity contribution in [3.63, 3.8) is 0 Å². The van der Waals surface area contributed by atoms with Gasteiger partial charge in [-0.05, 0) is 58.8 Å². The van der Waals surface area contributed by atoms with E-state index in [-0.39, 0.29) is 11.2 Å². The van der Waals surface area contributed by atoms with Crippen LogP contribution in [0.15, 0.2) is 35.2 Å². The first-order chi connectivity index (χ1) is 9.64. The van der Waals surface area contributed by atoms with Crippen LogP contribution in [-0.2, 0) is 0 Å². The molecule has 1 heteroatoms. The van der Waals surface area contributed by atoms with Gasteiger partial charge in [-0.3, -0.25) is 0 Å². The molecule has 0 aliphatic heterocycles. The third-order valence-electron chi connectivity index (χ3n) is 5.20. The van der Waals surface area contributed by atoms with Crippen LogP contribution in [-0.4, -0.2) is 0 Å². The first-order valence-corrected chi connectivity index (χ1v) is 8.31. The molecular formula is C20H35F. The maximum atomic E-state index is 13.1. The monoisotopic (exact) mass is 294 g/mol. The van der Waals surface area contributed by atoms with Crippen LogP contribution in [0.3, 0.4) is 0 Å². The Morgan fingerprint density at radius 1 is 1.14 bits per heavy atom. The fourth-order valence-corrected chi connectivity index (χ4v) is 3.62. The topological polar surface area (TPSA) is 0 Å². The van der Waals surface area contributed by atoms with Gasteiger partial charge in [-0.1, -0.05) is 57.1 Å². The Hall–Kier alpha value is -0.850. The molecule has 0 rings (SSSR count). The van der Waals surface area contributed by atoms with Gasteiger partial charge in [0, 0.05) is 5.41 Å². The van der Waals surface area contributed by atoms with Crippen LogP contribution in [0.25, 0.3) is 0 Å². The third-order valence-corrected chi connectivity index (χ3v) is 5.20. The summed E-state index contributed by atoms with van der Waals surface area (Å²) in [6, 6.07) is 0. The molecule has 0 saturated heterocycles. The van der Waals surface area contributed by atoms with E-state index in [1.807, 2.05) is 0 Å². The highest BCUT2D eigenvalue weighted by molar-refractivity contribution is 5.32. The molecule has 0 nitrogen and oxygen atoms in total. The van der Waals surface area contributed by atoms with Crippen LogP contribution in [0.1, 0.15) is 74.7 Å². The van der Waals surface area contributed by atoms with Gasteiger partial charge in [-0.15, -0.1) is 0 Å². The predicted molar refractivity (Wildman–Crippen MR) is 94.0 cm³/mol. The molecular weight excluding hydrogens is 259 g/mol. The largest absolute Gasteiger partial charge is 0.212 e. The van der Waals surface area contributed by atoms with Crippen molar-refractivity contribution < 1.29 is 4.39 Å². The average Bonchev–Trinajstić information content (AvgIpc) is 2.39. The van der Waals surface area contributed by atoms with Crippen molar-refractivity contribution in [1.82, 2.24) is 0 Å². The average molecular weight is 294 g/mol. The Kier molecular flexibility index (Phi) is 8.21. The number of rotatable bonds is 8. The van der Waals surface area contributed by atoms with Crippen molar-refractivity contribution >= 4 is 0 Å². The first kappa shape index (κ1) is 20.1. The van der Waals surface area contributed by atoms with E-state index in [1.54, 1.807) is 6.08 Å². The minimum atomic E-state index is -0.0909. The van der Waals surface area contributed by atoms with Gasteiger partial charge in [0.15, 0.2) is 0 Å². The number of halogens is 1. The quantitative estimate of drug-likeness (QED) is 0.414. The van der Waals surface area contributed by atoms with Crippen LogP contribution in [0, 0.1) is 17.3 Å². The van der Waals surface area contributed by atoms with Crippen molar-refractivity contribution in [3.05, 3.63) is 35.2 Å². The van der Waals surface area contributed by atoms with Crippen molar-refractivity contribution in [2.45, 2.75) is 74.7 Å². The van der Waals surface area contributed by atoms with E-state index in [0.717, 1.165) is 19.3 Å². The summed E-state index contributed by atoms with van der Waals surface area (Å²) in [6.45, 7) is 21.6. The van der Waals surface area contributed by atoms with Crippen LogP contribution in [0.2, 0.25) is 0 Å². The maximum absolute atomic E-state index is 13.1. The summed E-state index contributed by atoms with van der Waals surface area (Å²) in [4.78, 5) is 0. The minimum absolute atomic E-state index is 0.0254. The Bertz CT molecular complexity index is 404. The fourth-order valence-electron chi connectivity index (χ4n) is 3.62. The second-order valence-corrected chi connectivity index (χ2v) is 6.76. The van der Waals surface area contributed by atoms with Crippen LogP contribution in [0.4, 0.5) is 4.39 Å². The molecule has 2 atom stereocenters. The van der Waals surface area contributed by atoms with E-state index >= 15 is 0 Å². The Morgan fingerprint density at radius 2 is 1.67 bits per heavy atom. The smallest absolute Gasteiger partial charge is 0.0929 e. The van der Waals surface area contributed by atoms with Crippen LogP contribution >= 0.6 is 0 Å². The molecule has 0 aliphatic rings. The van der Waals surface area contributed by atoms with Crippen molar-refractivity contribution in [1.29, 1.82) is 0 Å². The molecule has 0 fully saturated rings. The van der Waals surface area contributed by atoms with E-state index in [1.165, 1.54) is 23.6 Å². The molecule has 0 aromatic rings. The second-order valence-electron chi connectivity index (χ2n) is 6.76. The zero-order valence-electron chi connectivity index (χ0n) is 15.4. The van der Waals surface area contributed by atoms with Crippen molar-refractivity contribution in [2.24, 2.45) is 17.3 Å². The Balaban J connectivity index is 5.78. The summed E-state index contributed by atoms with van der Waals surface area (Å²) in [5, 5.41) is 0. The predicted octanol–water partition coefficient (Wildman–Crippen LogP) is 7.24. The van der Waals surface area contributed by atoms with Gasteiger partial charge < -0.3 is 0 Å². The second kappa shape index (κ2) is 8.56. The standard InChI is InChI=1S/C20H35F/c1-10-19(13-12-16(7)21)18(9)20(11-2,15(5)6)17(8)14(3)4/h12,15,19H,9-11,13H2,1-8H3/b16-12+. The summed E-state index contributed by atoms with van der Waals surface area (Å²) in [5.41, 5.74) is 4.11. The zero-order valence-corrected chi connectivity index (χ0v) is 15.4. The summed E-state index contributed by atoms with van der Waals surface area (Å²) < 4.78 is 13.1. The highest BCUT2D eigenvalue weighted by Gasteiger charge is 2.39. The molecule has 0 amide bonds. The molecule has 0 aliphatic carbocycles. The minimum Gasteiger partial charge on any atom is -0.212 e. The van der Waals surface area contributed by atoms with E-state index in [0.29, 0.717) is 11.8 Å². The van der Waals surface area contributed by atoms with Crippen molar-refractivity contribution in [3.8, 4) is 0 Å². The maximum Gasteiger partial charge on any atom is 0.0929 e. The number of hydrogen-bond donors (Lipinski definition) is 0. The van der Waals surface area contributed by atoms with E-state index in [9.17, 15) is 4.39 Å². The molecule has 0 spiro atoms. The molecule has 0 heterocycles. The van der Waals surface area contributed by atoms with Gasteiger partial charge in [0.25, 0.3) is 0 Å². The lowest BCUT2D eigenvalue weighted by molar-refractivity contribution is 0.259. The third kappa shape index (κ3) is 4.56. The van der Waals surface area contributed by atoms with Gasteiger partial charge in [-0.25, -0.2) is 4.39 Å². The van der Waals surface area contributed by atoms with Gasteiger partial charge in [0.1, 0.15) is 0 Å². The molecule has 2 unspecified atom stereocenters. The Morgan fingerprint density at radius 3 is 1.95 bits per heavy atom. The summed E-state index contributed by atoms with van der Waals surface area (Å²) in [6.07, 6.45) is 4.52. The van der Waals surface area contributed by atoms with E-state index in [2.05, 4.69) is 55.0 Å². The van der Waals surface area contributed by atoms with Gasteiger partial charge in [0.2, 0.25) is 0 Å². The Labute approximate surface area is 132 Å². The van der Waals surface area contributed by atoms with Gasteiger partial charge in [-0.2, -0.15) is 0 Å². The summed E-state index contributed by atoms with van der Waals surface area (Å²) in [5.74, 6) is 0.744. The van der Waals surface area contributed by atoms with Crippen LogP contribution < -0.4 is 0 Å². The van der Waals surface area contributed by atoms with Crippen molar-refractivity contribution in [2.75, 3.05) is 0 Å². The van der Waals surface area contributed by atoms with E-state index < -0.39 is 0 Å². The molecule has 0 aromatic heterocycles. The molecule has 0 aromatic carbocycles. The van der Waals surface area contributed by atoms with Crippen LogP contribution in [0.5, 0.6) is 0 Å². The summed E-state index contributed by atoms with van der Waals surface area (Å²) in [7, 11) is 0. The lowest BCUT2D eigenvalue weighted by Gasteiger charge is -2.44.